The molecule has 0 spiro atoms. The second kappa shape index (κ2) is 4.97. The highest BCUT2D eigenvalue weighted by molar-refractivity contribution is 9.09. The van der Waals surface area contributed by atoms with Gasteiger partial charge in [-0.3, -0.25) is 0 Å². The van der Waals surface area contributed by atoms with E-state index in [9.17, 15) is 0 Å². The summed E-state index contributed by atoms with van der Waals surface area (Å²) in [5.41, 5.74) is 2.51. The third kappa shape index (κ3) is 2.54. The number of alkyl halides is 1. The van der Waals surface area contributed by atoms with Gasteiger partial charge in [-0.25, -0.2) is 0 Å². The quantitative estimate of drug-likeness (QED) is 0.759. The van der Waals surface area contributed by atoms with Crippen molar-refractivity contribution in [1.29, 1.82) is 0 Å². The topological polar surface area (TPSA) is 9.23 Å². The molecule has 0 N–H and O–H groups in total. The predicted molar refractivity (Wildman–Crippen MR) is 71.9 cm³/mol. The van der Waals surface area contributed by atoms with Crippen molar-refractivity contribution in [3.63, 3.8) is 0 Å². The monoisotopic (exact) mass is 302 g/mol. The van der Waals surface area contributed by atoms with E-state index in [0.717, 1.165) is 30.2 Å². The lowest BCUT2D eigenvalue weighted by atomic mass is 9.96. The molecule has 0 radical (unpaired) electrons. The van der Waals surface area contributed by atoms with Gasteiger partial charge in [0, 0.05) is 16.3 Å². The Kier molecular flexibility index (Phi) is 3.81. The Labute approximate surface area is 110 Å². The van der Waals surface area contributed by atoms with Crippen LogP contribution in [0.3, 0.4) is 0 Å². The number of rotatable bonds is 3. The number of halogens is 2. The SMILES string of the molecule is CC(Br)C(C)Cc1cc(Cl)cc2c1OCC2. The molecule has 1 heterocycles. The van der Waals surface area contributed by atoms with Crippen molar-refractivity contribution in [2.45, 2.75) is 31.5 Å². The minimum atomic E-state index is 0.503. The van der Waals surface area contributed by atoms with Crippen LogP contribution in [0.25, 0.3) is 0 Å². The van der Waals surface area contributed by atoms with E-state index < -0.39 is 0 Å². The molecule has 1 aliphatic rings. The molecule has 0 aliphatic carbocycles. The molecule has 16 heavy (non-hydrogen) atoms. The maximum Gasteiger partial charge on any atom is 0.125 e. The van der Waals surface area contributed by atoms with Crippen LogP contribution in [-0.2, 0) is 12.8 Å². The molecule has 0 amide bonds. The van der Waals surface area contributed by atoms with Crippen molar-refractivity contribution in [3.8, 4) is 5.75 Å². The van der Waals surface area contributed by atoms with E-state index in [1.165, 1.54) is 11.1 Å². The van der Waals surface area contributed by atoms with Gasteiger partial charge in [-0.1, -0.05) is 41.4 Å². The zero-order valence-corrected chi connectivity index (χ0v) is 11.9. The summed E-state index contributed by atoms with van der Waals surface area (Å²) in [6, 6.07) is 4.06. The van der Waals surface area contributed by atoms with Crippen LogP contribution in [0.5, 0.6) is 5.75 Å². The highest BCUT2D eigenvalue weighted by Crippen LogP contribution is 2.35. The minimum absolute atomic E-state index is 0.503. The van der Waals surface area contributed by atoms with Gasteiger partial charge in [0.15, 0.2) is 0 Å². The Morgan fingerprint density at radius 2 is 2.19 bits per heavy atom. The van der Waals surface area contributed by atoms with Crippen LogP contribution >= 0.6 is 27.5 Å². The Morgan fingerprint density at radius 3 is 2.88 bits per heavy atom. The van der Waals surface area contributed by atoms with E-state index in [4.69, 9.17) is 16.3 Å². The van der Waals surface area contributed by atoms with Gasteiger partial charge in [0.2, 0.25) is 0 Å². The summed E-state index contributed by atoms with van der Waals surface area (Å²) in [6.07, 6.45) is 2.00. The highest BCUT2D eigenvalue weighted by Gasteiger charge is 2.20. The van der Waals surface area contributed by atoms with Crippen LogP contribution in [0.2, 0.25) is 5.02 Å². The first-order valence-corrected chi connectivity index (χ1v) is 6.95. The first kappa shape index (κ1) is 12.3. The van der Waals surface area contributed by atoms with Crippen molar-refractivity contribution in [2.24, 2.45) is 5.92 Å². The van der Waals surface area contributed by atoms with Crippen LogP contribution in [-0.4, -0.2) is 11.4 Å². The molecule has 88 valence electrons. The lowest BCUT2D eigenvalue weighted by Crippen LogP contribution is -2.10. The summed E-state index contributed by atoms with van der Waals surface area (Å²) in [5.74, 6) is 1.65. The first-order chi connectivity index (χ1) is 7.58. The van der Waals surface area contributed by atoms with Crippen LogP contribution in [0.4, 0.5) is 0 Å². The van der Waals surface area contributed by atoms with Crippen molar-refractivity contribution in [1.82, 2.24) is 0 Å². The third-order valence-electron chi connectivity index (χ3n) is 3.15. The number of fused-ring (bicyclic) bond motifs is 1. The van der Waals surface area contributed by atoms with E-state index in [1.54, 1.807) is 0 Å². The number of ether oxygens (including phenoxy) is 1. The molecule has 3 heteroatoms. The predicted octanol–water partition coefficient (Wildman–Crippen LogP) is 4.24. The molecule has 0 fully saturated rings. The van der Waals surface area contributed by atoms with Crippen molar-refractivity contribution >= 4 is 27.5 Å². The Hall–Kier alpha value is -0.210. The van der Waals surface area contributed by atoms with Crippen LogP contribution < -0.4 is 4.74 Å². The summed E-state index contributed by atoms with van der Waals surface area (Å²) in [5, 5.41) is 0.827. The Balaban J connectivity index is 2.27. The Morgan fingerprint density at radius 1 is 1.44 bits per heavy atom. The number of benzene rings is 1. The first-order valence-electron chi connectivity index (χ1n) is 5.66. The smallest absolute Gasteiger partial charge is 0.125 e. The summed E-state index contributed by atoms with van der Waals surface area (Å²) in [7, 11) is 0. The fourth-order valence-electron chi connectivity index (χ4n) is 2.01. The molecular weight excluding hydrogens is 287 g/mol. The maximum atomic E-state index is 6.12. The second-order valence-corrected chi connectivity index (χ2v) is 6.39. The van der Waals surface area contributed by atoms with Gasteiger partial charge in [0.1, 0.15) is 5.75 Å². The molecule has 2 rings (SSSR count). The standard InChI is InChI=1S/C13H16BrClO/c1-8(9(2)14)5-11-7-12(15)6-10-3-4-16-13(10)11/h6-9H,3-5H2,1-2H3. The minimum Gasteiger partial charge on any atom is -0.493 e. The van der Waals surface area contributed by atoms with E-state index in [0.29, 0.717) is 10.7 Å². The molecule has 1 aromatic carbocycles. The van der Waals surface area contributed by atoms with E-state index in [-0.39, 0.29) is 0 Å². The third-order valence-corrected chi connectivity index (χ3v) is 4.27. The lowest BCUT2D eigenvalue weighted by Gasteiger charge is -2.16. The normalized spacial score (nSPS) is 17.8. The maximum absolute atomic E-state index is 6.12. The zero-order chi connectivity index (χ0) is 11.7. The summed E-state index contributed by atoms with van der Waals surface area (Å²) in [4.78, 5) is 0.503. The van der Waals surface area contributed by atoms with Crippen LogP contribution in [0, 0.1) is 5.92 Å². The van der Waals surface area contributed by atoms with Crippen molar-refractivity contribution < 1.29 is 4.74 Å². The number of hydrogen-bond donors (Lipinski definition) is 0. The fourth-order valence-corrected chi connectivity index (χ4v) is 2.46. The average Bonchev–Trinajstić information content (AvgIpc) is 2.65. The van der Waals surface area contributed by atoms with E-state index in [1.807, 2.05) is 12.1 Å². The molecule has 2 atom stereocenters. The Bertz CT molecular complexity index is 390. The zero-order valence-electron chi connectivity index (χ0n) is 9.59. The molecule has 2 unspecified atom stereocenters. The summed E-state index contributed by atoms with van der Waals surface area (Å²) >= 11 is 9.75. The van der Waals surface area contributed by atoms with E-state index >= 15 is 0 Å². The van der Waals surface area contributed by atoms with Crippen LogP contribution in [0.15, 0.2) is 12.1 Å². The molecule has 0 saturated carbocycles. The molecule has 0 aromatic heterocycles. The van der Waals surface area contributed by atoms with Gasteiger partial charge < -0.3 is 4.74 Å². The molecule has 1 aliphatic heterocycles. The number of hydrogen-bond acceptors (Lipinski definition) is 1. The second-order valence-electron chi connectivity index (χ2n) is 4.51. The van der Waals surface area contributed by atoms with Gasteiger partial charge in [0.05, 0.1) is 6.61 Å². The highest BCUT2D eigenvalue weighted by atomic mass is 79.9. The molecule has 1 aromatic rings. The molecular formula is C13H16BrClO. The summed E-state index contributed by atoms with van der Waals surface area (Å²) < 4.78 is 5.69. The van der Waals surface area contributed by atoms with Gasteiger partial charge in [-0.15, -0.1) is 0 Å². The average molecular weight is 304 g/mol. The van der Waals surface area contributed by atoms with Crippen molar-refractivity contribution in [3.05, 3.63) is 28.3 Å². The molecule has 0 saturated heterocycles. The largest absolute Gasteiger partial charge is 0.493 e. The van der Waals surface area contributed by atoms with E-state index in [2.05, 4.69) is 29.8 Å². The van der Waals surface area contributed by atoms with Gasteiger partial charge >= 0.3 is 0 Å². The summed E-state index contributed by atoms with van der Waals surface area (Å²) in [6.45, 7) is 5.21. The van der Waals surface area contributed by atoms with Gasteiger partial charge in [-0.2, -0.15) is 0 Å². The van der Waals surface area contributed by atoms with Gasteiger partial charge in [0.25, 0.3) is 0 Å². The molecule has 1 nitrogen and oxygen atoms in total. The fraction of sp³-hybridized carbons (Fsp3) is 0.538. The van der Waals surface area contributed by atoms with Gasteiger partial charge in [-0.05, 0) is 35.6 Å². The lowest BCUT2D eigenvalue weighted by molar-refractivity contribution is 0.351. The molecule has 0 bridgehead atoms. The van der Waals surface area contributed by atoms with Crippen molar-refractivity contribution in [2.75, 3.05) is 6.61 Å². The van der Waals surface area contributed by atoms with Crippen LogP contribution in [0.1, 0.15) is 25.0 Å².